The highest BCUT2D eigenvalue weighted by Crippen LogP contribution is 2.09. The number of carbonyl (C=O) groups excluding carboxylic acids is 1. The molecule has 1 heterocycles. The van der Waals surface area contributed by atoms with Gasteiger partial charge in [0, 0.05) is 18.2 Å². The summed E-state index contributed by atoms with van der Waals surface area (Å²) >= 11 is 0. The maximum absolute atomic E-state index is 12.0. The van der Waals surface area contributed by atoms with Gasteiger partial charge < -0.3 is 10.6 Å². The standard InChI is InChI=1S/C14H19N2O/c1-10-4-3-5-12(6-10)14(17)16-13-7-11(2)8-15-9-13/h3-7,11,13,15H,8-9H2,1-2H3,(H,16,17). The van der Waals surface area contributed by atoms with Crippen LogP contribution in [-0.2, 0) is 0 Å². The van der Waals surface area contributed by atoms with Crippen LogP contribution in [0.5, 0.6) is 0 Å². The van der Waals surface area contributed by atoms with Crippen molar-refractivity contribution in [2.45, 2.75) is 19.9 Å². The van der Waals surface area contributed by atoms with E-state index in [4.69, 9.17) is 0 Å². The summed E-state index contributed by atoms with van der Waals surface area (Å²) in [6.45, 7) is 5.96. The number of aryl methyl sites for hydroxylation is 1. The molecule has 0 spiro atoms. The third-order valence-corrected chi connectivity index (χ3v) is 2.99. The molecule has 2 N–H and O–H groups in total. The molecule has 17 heavy (non-hydrogen) atoms. The zero-order valence-electron chi connectivity index (χ0n) is 10.4. The summed E-state index contributed by atoms with van der Waals surface area (Å²) in [7, 11) is 0. The minimum absolute atomic E-state index is 0.00542. The zero-order chi connectivity index (χ0) is 12.3. The monoisotopic (exact) mass is 231 g/mol. The van der Waals surface area contributed by atoms with Crippen molar-refractivity contribution in [3.8, 4) is 0 Å². The van der Waals surface area contributed by atoms with Crippen molar-refractivity contribution in [1.29, 1.82) is 0 Å². The van der Waals surface area contributed by atoms with Crippen molar-refractivity contribution in [2.75, 3.05) is 13.1 Å². The van der Waals surface area contributed by atoms with Crippen LogP contribution in [0.15, 0.2) is 24.3 Å². The molecule has 91 valence electrons. The molecule has 0 aliphatic carbocycles. The maximum atomic E-state index is 12.0. The molecule has 1 saturated heterocycles. The quantitative estimate of drug-likeness (QED) is 0.810. The number of amides is 1. The van der Waals surface area contributed by atoms with E-state index in [1.54, 1.807) is 0 Å². The second-order valence-electron chi connectivity index (χ2n) is 4.78. The molecule has 1 aliphatic heterocycles. The van der Waals surface area contributed by atoms with E-state index in [1.165, 1.54) is 0 Å². The summed E-state index contributed by atoms with van der Waals surface area (Å²) in [5.74, 6) is 0.511. The summed E-state index contributed by atoms with van der Waals surface area (Å²) < 4.78 is 0. The Morgan fingerprint density at radius 3 is 2.94 bits per heavy atom. The molecule has 2 unspecified atom stereocenters. The van der Waals surface area contributed by atoms with Gasteiger partial charge in [-0.05, 0) is 37.9 Å². The Morgan fingerprint density at radius 2 is 2.24 bits per heavy atom. The van der Waals surface area contributed by atoms with Gasteiger partial charge in [0.2, 0.25) is 0 Å². The molecule has 2 rings (SSSR count). The summed E-state index contributed by atoms with van der Waals surface area (Å²) in [5.41, 5.74) is 1.84. The minimum Gasteiger partial charge on any atom is -0.348 e. The van der Waals surface area contributed by atoms with Gasteiger partial charge in [-0.2, -0.15) is 0 Å². The molecule has 0 bridgehead atoms. The summed E-state index contributed by atoms with van der Waals surface area (Å²) in [6, 6.07) is 7.80. The molecular formula is C14H19N2O. The van der Waals surface area contributed by atoms with Crippen LogP contribution in [0.4, 0.5) is 0 Å². The van der Waals surface area contributed by atoms with Crippen molar-refractivity contribution in [3.05, 3.63) is 41.8 Å². The highest BCUT2D eigenvalue weighted by atomic mass is 16.1. The fourth-order valence-electron chi connectivity index (χ4n) is 2.14. The van der Waals surface area contributed by atoms with Crippen LogP contribution in [0, 0.1) is 19.3 Å². The first-order valence-corrected chi connectivity index (χ1v) is 6.08. The SMILES string of the molecule is Cc1cccc(C(=O)NC2[CH]C(C)CNC2)c1. The van der Waals surface area contributed by atoms with E-state index in [0.29, 0.717) is 5.92 Å². The maximum Gasteiger partial charge on any atom is 0.251 e. The molecule has 1 aliphatic rings. The van der Waals surface area contributed by atoms with Gasteiger partial charge in [0.25, 0.3) is 5.91 Å². The zero-order valence-corrected chi connectivity index (χ0v) is 10.4. The highest BCUT2D eigenvalue weighted by molar-refractivity contribution is 5.94. The molecule has 2 atom stereocenters. The Kier molecular flexibility index (Phi) is 3.79. The molecule has 1 aromatic rings. The lowest BCUT2D eigenvalue weighted by Crippen LogP contribution is -2.48. The molecule has 1 amide bonds. The van der Waals surface area contributed by atoms with Crippen LogP contribution in [-0.4, -0.2) is 25.0 Å². The summed E-state index contributed by atoms with van der Waals surface area (Å²) in [4.78, 5) is 12.0. The van der Waals surface area contributed by atoms with Crippen LogP contribution in [0.25, 0.3) is 0 Å². The molecule has 0 saturated carbocycles. The van der Waals surface area contributed by atoms with Gasteiger partial charge in [-0.1, -0.05) is 24.6 Å². The molecule has 0 aromatic heterocycles. The topological polar surface area (TPSA) is 41.1 Å². The van der Waals surface area contributed by atoms with Gasteiger partial charge in [-0.3, -0.25) is 4.79 Å². The smallest absolute Gasteiger partial charge is 0.251 e. The van der Waals surface area contributed by atoms with Crippen LogP contribution >= 0.6 is 0 Å². The van der Waals surface area contributed by atoms with Crippen LogP contribution < -0.4 is 10.6 Å². The summed E-state index contributed by atoms with van der Waals surface area (Å²) in [5, 5.41) is 6.34. The van der Waals surface area contributed by atoms with Crippen LogP contribution in [0.1, 0.15) is 22.8 Å². The van der Waals surface area contributed by atoms with E-state index in [1.807, 2.05) is 31.2 Å². The lowest BCUT2D eigenvalue weighted by atomic mass is 9.97. The Bertz CT molecular complexity index is 403. The minimum atomic E-state index is 0.00542. The van der Waals surface area contributed by atoms with E-state index in [0.717, 1.165) is 24.2 Å². The van der Waals surface area contributed by atoms with Crippen LogP contribution in [0.2, 0.25) is 0 Å². The van der Waals surface area contributed by atoms with Gasteiger partial charge >= 0.3 is 0 Å². The number of piperidine rings is 1. The molecule has 1 fully saturated rings. The first-order chi connectivity index (χ1) is 8.15. The molecule has 3 heteroatoms. The Morgan fingerprint density at radius 1 is 1.41 bits per heavy atom. The highest BCUT2D eigenvalue weighted by Gasteiger charge is 2.20. The third kappa shape index (κ3) is 3.30. The van der Waals surface area contributed by atoms with Crippen molar-refractivity contribution in [1.82, 2.24) is 10.6 Å². The number of nitrogens with one attached hydrogen (secondary N) is 2. The van der Waals surface area contributed by atoms with Crippen molar-refractivity contribution >= 4 is 5.91 Å². The lowest BCUT2D eigenvalue weighted by Gasteiger charge is -2.28. The van der Waals surface area contributed by atoms with Gasteiger partial charge in [0.1, 0.15) is 0 Å². The number of hydrogen-bond acceptors (Lipinski definition) is 2. The molecular weight excluding hydrogens is 212 g/mol. The van der Waals surface area contributed by atoms with Crippen molar-refractivity contribution < 1.29 is 4.79 Å². The van der Waals surface area contributed by atoms with Gasteiger partial charge in [0.05, 0.1) is 0 Å². The Labute approximate surface area is 103 Å². The Hall–Kier alpha value is -1.35. The molecule has 1 aromatic carbocycles. The number of benzene rings is 1. The number of hydrogen-bond donors (Lipinski definition) is 2. The van der Waals surface area contributed by atoms with Crippen molar-refractivity contribution in [2.24, 2.45) is 5.92 Å². The van der Waals surface area contributed by atoms with Crippen molar-refractivity contribution in [3.63, 3.8) is 0 Å². The predicted molar refractivity (Wildman–Crippen MR) is 68.8 cm³/mol. The van der Waals surface area contributed by atoms with Gasteiger partial charge in [-0.15, -0.1) is 0 Å². The first-order valence-electron chi connectivity index (χ1n) is 6.08. The number of rotatable bonds is 2. The average Bonchev–Trinajstić information content (AvgIpc) is 2.29. The average molecular weight is 231 g/mol. The van der Waals surface area contributed by atoms with Gasteiger partial charge in [0.15, 0.2) is 0 Å². The second-order valence-corrected chi connectivity index (χ2v) is 4.78. The molecule has 3 nitrogen and oxygen atoms in total. The predicted octanol–water partition coefficient (Wildman–Crippen LogP) is 1.54. The molecule has 1 radical (unpaired) electrons. The van der Waals surface area contributed by atoms with E-state index >= 15 is 0 Å². The largest absolute Gasteiger partial charge is 0.348 e. The van der Waals surface area contributed by atoms with E-state index in [2.05, 4.69) is 24.0 Å². The Balaban J connectivity index is 1.97. The van der Waals surface area contributed by atoms with E-state index < -0.39 is 0 Å². The first kappa shape index (κ1) is 12.1. The van der Waals surface area contributed by atoms with Crippen LogP contribution in [0.3, 0.4) is 0 Å². The number of carbonyl (C=O) groups is 1. The van der Waals surface area contributed by atoms with E-state index in [-0.39, 0.29) is 11.9 Å². The normalized spacial score (nSPS) is 24.4. The third-order valence-electron chi connectivity index (χ3n) is 2.99. The van der Waals surface area contributed by atoms with Gasteiger partial charge in [-0.25, -0.2) is 0 Å². The fraction of sp³-hybridized carbons (Fsp3) is 0.429. The van der Waals surface area contributed by atoms with E-state index in [9.17, 15) is 4.79 Å². The lowest BCUT2D eigenvalue weighted by molar-refractivity contribution is 0.0937. The fourth-order valence-corrected chi connectivity index (χ4v) is 2.14. The summed E-state index contributed by atoms with van der Waals surface area (Å²) in [6.07, 6.45) is 2.20. The second kappa shape index (κ2) is 5.32.